The first-order chi connectivity index (χ1) is 12.7. The van der Waals surface area contributed by atoms with Crippen molar-refractivity contribution in [1.29, 1.82) is 0 Å². The summed E-state index contributed by atoms with van der Waals surface area (Å²) in [5.74, 6) is -0.000241. The van der Waals surface area contributed by atoms with E-state index in [4.69, 9.17) is 27.9 Å². The Morgan fingerprint density at radius 1 is 1.26 bits per heavy atom. The molecule has 0 saturated carbocycles. The number of benzene rings is 2. The number of hydrogen-bond acceptors (Lipinski definition) is 5. The van der Waals surface area contributed by atoms with Gasteiger partial charge in [0.2, 0.25) is 10.0 Å². The molecule has 27 heavy (non-hydrogen) atoms. The Kier molecular flexibility index (Phi) is 7.06. The van der Waals surface area contributed by atoms with E-state index in [2.05, 4.69) is 10.5 Å². The standard InChI is InChI=1S/C17H17Cl2N3O4S/c1-26-13-6-3-5-12(9-13)10-20-21-16(23)11-22(27(2,24)25)15-8-4-7-14(18)17(15)19/h3-10H,11H2,1-2H3,(H,21,23)/b20-10-. The molecule has 0 heterocycles. The monoisotopic (exact) mass is 429 g/mol. The summed E-state index contributed by atoms with van der Waals surface area (Å²) in [6.07, 6.45) is 2.38. The van der Waals surface area contributed by atoms with Gasteiger partial charge in [-0.1, -0.05) is 41.4 Å². The summed E-state index contributed by atoms with van der Waals surface area (Å²) < 4.78 is 30.1. The minimum atomic E-state index is -3.78. The van der Waals surface area contributed by atoms with Gasteiger partial charge >= 0.3 is 0 Å². The Hall–Kier alpha value is -2.29. The van der Waals surface area contributed by atoms with Crippen molar-refractivity contribution in [2.75, 3.05) is 24.2 Å². The van der Waals surface area contributed by atoms with Crippen molar-refractivity contribution in [1.82, 2.24) is 5.43 Å². The Bertz CT molecular complexity index is 964. The third-order valence-electron chi connectivity index (χ3n) is 3.38. The van der Waals surface area contributed by atoms with Gasteiger partial charge in [-0.05, 0) is 29.8 Å². The third kappa shape index (κ3) is 5.85. The van der Waals surface area contributed by atoms with Crippen LogP contribution in [0.2, 0.25) is 10.0 Å². The molecule has 0 fully saturated rings. The van der Waals surface area contributed by atoms with Crippen LogP contribution >= 0.6 is 23.2 Å². The molecule has 7 nitrogen and oxygen atoms in total. The molecule has 0 aliphatic rings. The number of amides is 1. The number of carbonyl (C=O) groups excluding carboxylic acids is 1. The van der Waals surface area contributed by atoms with Gasteiger partial charge in [0.05, 0.1) is 35.3 Å². The summed E-state index contributed by atoms with van der Waals surface area (Å²) in [7, 11) is -2.24. The second-order valence-corrected chi connectivity index (χ2v) is 8.10. The van der Waals surface area contributed by atoms with Crippen LogP contribution in [0, 0.1) is 0 Å². The van der Waals surface area contributed by atoms with E-state index < -0.39 is 22.5 Å². The average molecular weight is 430 g/mol. The van der Waals surface area contributed by atoms with Crippen molar-refractivity contribution in [3.05, 3.63) is 58.1 Å². The molecule has 0 radical (unpaired) electrons. The van der Waals surface area contributed by atoms with E-state index in [1.54, 1.807) is 37.4 Å². The fraction of sp³-hybridized carbons (Fsp3) is 0.176. The van der Waals surface area contributed by atoms with Crippen LogP contribution in [0.3, 0.4) is 0 Å². The fourth-order valence-corrected chi connectivity index (χ4v) is 3.44. The molecule has 2 aromatic carbocycles. The lowest BCUT2D eigenvalue weighted by Gasteiger charge is -2.22. The summed E-state index contributed by atoms with van der Waals surface area (Å²) in [5, 5.41) is 4.04. The van der Waals surface area contributed by atoms with Gasteiger partial charge in [0.15, 0.2) is 0 Å². The number of methoxy groups -OCH3 is 1. The first-order valence-corrected chi connectivity index (χ1v) is 10.2. The van der Waals surface area contributed by atoms with E-state index in [9.17, 15) is 13.2 Å². The Labute approximate surface area is 167 Å². The highest BCUT2D eigenvalue weighted by Crippen LogP contribution is 2.33. The topological polar surface area (TPSA) is 88.1 Å². The van der Waals surface area contributed by atoms with Gasteiger partial charge in [-0.15, -0.1) is 0 Å². The molecule has 2 aromatic rings. The normalized spacial score (nSPS) is 11.4. The molecule has 0 unspecified atom stereocenters. The van der Waals surface area contributed by atoms with E-state index in [0.29, 0.717) is 11.3 Å². The van der Waals surface area contributed by atoms with Crippen molar-refractivity contribution in [3.63, 3.8) is 0 Å². The Morgan fingerprint density at radius 3 is 2.63 bits per heavy atom. The van der Waals surface area contributed by atoms with Gasteiger partial charge in [0.25, 0.3) is 5.91 Å². The molecule has 10 heteroatoms. The zero-order chi connectivity index (χ0) is 20.0. The second-order valence-electron chi connectivity index (χ2n) is 5.41. The summed E-state index contributed by atoms with van der Waals surface area (Å²) >= 11 is 12.0. The summed E-state index contributed by atoms with van der Waals surface area (Å²) in [6, 6.07) is 11.6. The maximum atomic E-state index is 12.2. The van der Waals surface area contributed by atoms with Crippen LogP contribution < -0.4 is 14.5 Å². The number of sulfonamides is 1. The van der Waals surface area contributed by atoms with Crippen LogP contribution in [0.15, 0.2) is 47.6 Å². The van der Waals surface area contributed by atoms with Crippen molar-refractivity contribution in [2.45, 2.75) is 0 Å². The minimum Gasteiger partial charge on any atom is -0.497 e. The number of carbonyl (C=O) groups is 1. The first kappa shape index (κ1) is 21.0. The van der Waals surface area contributed by atoms with Crippen molar-refractivity contribution in [2.24, 2.45) is 5.10 Å². The van der Waals surface area contributed by atoms with Crippen LogP contribution in [-0.4, -0.2) is 40.4 Å². The summed E-state index contributed by atoms with van der Waals surface area (Å²) in [6.45, 7) is -0.506. The minimum absolute atomic E-state index is 0.0391. The molecule has 1 amide bonds. The maximum Gasteiger partial charge on any atom is 0.260 e. The molecular weight excluding hydrogens is 413 g/mol. The van der Waals surface area contributed by atoms with Gasteiger partial charge in [-0.2, -0.15) is 5.10 Å². The van der Waals surface area contributed by atoms with Crippen molar-refractivity contribution >= 4 is 51.0 Å². The number of halogens is 2. The predicted molar refractivity (Wildman–Crippen MR) is 107 cm³/mol. The highest BCUT2D eigenvalue weighted by atomic mass is 35.5. The number of anilines is 1. The summed E-state index contributed by atoms with van der Waals surface area (Å²) in [5.41, 5.74) is 3.09. The number of nitrogens with zero attached hydrogens (tertiary/aromatic N) is 2. The smallest absolute Gasteiger partial charge is 0.260 e. The predicted octanol–water partition coefficient (Wildman–Crippen LogP) is 2.92. The quantitative estimate of drug-likeness (QED) is 0.541. The van der Waals surface area contributed by atoms with Gasteiger partial charge in [-0.3, -0.25) is 9.10 Å². The molecule has 2 rings (SSSR count). The van der Waals surface area contributed by atoms with Crippen molar-refractivity contribution < 1.29 is 17.9 Å². The maximum absolute atomic E-state index is 12.2. The van der Waals surface area contributed by atoms with Crippen LogP contribution in [0.1, 0.15) is 5.56 Å². The molecular formula is C17H17Cl2N3O4S. The van der Waals surface area contributed by atoms with Gasteiger partial charge in [-0.25, -0.2) is 13.8 Å². The molecule has 0 aliphatic heterocycles. The Morgan fingerprint density at radius 2 is 1.96 bits per heavy atom. The SMILES string of the molecule is COc1cccc(/C=N\NC(=O)CN(c2cccc(Cl)c2Cl)S(C)(=O)=O)c1. The summed E-state index contributed by atoms with van der Waals surface area (Å²) in [4.78, 5) is 12.2. The third-order valence-corrected chi connectivity index (χ3v) is 5.32. The zero-order valence-electron chi connectivity index (χ0n) is 14.5. The van der Waals surface area contributed by atoms with Crippen LogP contribution in [0.25, 0.3) is 0 Å². The molecule has 0 aliphatic carbocycles. The highest BCUT2D eigenvalue weighted by molar-refractivity contribution is 7.92. The van der Waals surface area contributed by atoms with Crippen molar-refractivity contribution in [3.8, 4) is 5.75 Å². The van der Waals surface area contributed by atoms with E-state index in [0.717, 1.165) is 10.6 Å². The first-order valence-electron chi connectivity index (χ1n) is 7.60. The van der Waals surface area contributed by atoms with Crippen LogP contribution in [0.4, 0.5) is 5.69 Å². The molecule has 0 atom stereocenters. The number of nitrogens with one attached hydrogen (secondary N) is 1. The second kappa shape index (κ2) is 9.07. The van der Waals surface area contributed by atoms with Crippen LogP contribution in [0.5, 0.6) is 5.75 Å². The van der Waals surface area contributed by atoms with E-state index in [1.165, 1.54) is 18.3 Å². The molecule has 0 bridgehead atoms. The van der Waals surface area contributed by atoms with Gasteiger partial charge in [0, 0.05) is 0 Å². The molecule has 144 valence electrons. The Balaban J connectivity index is 2.12. The largest absolute Gasteiger partial charge is 0.497 e. The highest BCUT2D eigenvalue weighted by Gasteiger charge is 2.23. The lowest BCUT2D eigenvalue weighted by atomic mass is 10.2. The zero-order valence-corrected chi connectivity index (χ0v) is 16.8. The molecule has 0 aromatic heterocycles. The molecule has 1 N–H and O–H groups in total. The van der Waals surface area contributed by atoms with E-state index in [1.807, 2.05) is 0 Å². The number of ether oxygens (including phenoxy) is 1. The van der Waals surface area contributed by atoms with E-state index in [-0.39, 0.29) is 15.7 Å². The number of hydrazone groups is 1. The number of hydrogen-bond donors (Lipinski definition) is 1. The van der Waals surface area contributed by atoms with E-state index >= 15 is 0 Å². The molecule has 0 saturated heterocycles. The van der Waals surface area contributed by atoms with Crippen LogP contribution in [-0.2, 0) is 14.8 Å². The lowest BCUT2D eigenvalue weighted by Crippen LogP contribution is -2.39. The molecule has 0 spiro atoms. The van der Waals surface area contributed by atoms with Gasteiger partial charge in [0.1, 0.15) is 12.3 Å². The average Bonchev–Trinajstić information content (AvgIpc) is 2.61. The lowest BCUT2D eigenvalue weighted by molar-refractivity contribution is -0.119. The number of rotatable bonds is 7. The fourth-order valence-electron chi connectivity index (χ4n) is 2.13. The van der Waals surface area contributed by atoms with Gasteiger partial charge < -0.3 is 4.74 Å².